The van der Waals surface area contributed by atoms with Crippen molar-refractivity contribution in [2.24, 2.45) is 0 Å². The van der Waals surface area contributed by atoms with Crippen molar-refractivity contribution in [1.29, 1.82) is 0 Å². The largest absolute Gasteiger partial charge is 0.482 e. The lowest BCUT2D eigenvalue weighted by Crippen LogP contribution is -2.35. The Morgan fingerprint density at radius 1 is 1.42 bits per heavy atom. The highest BCUT2D eigenvalue weighted by molar-refractivity contribution is 6.06. The number of benzene rings is 1. The predicted molar refractivity (Wildman–Crippen MR) is 72.5 cm³/mol. The van der Waals surface area contributed by atoms with Crippen LogP contribution in [-0.4, -0.2) is 44.3 Å². The van der Waals surface area contributed by atoms with Gasteiger partial charge in [0.2, 0.25) is 0 Å². The molecule has 1 aromatic rings. The lowest BCUT2D eigenvalue weighted by atomic mass is 10.1. The molecule has 0 fully saturated rings. The van der Waals surface area contributed by atoms with Gasteiger partial charge >= 0.3 is 0 Å². The van der Waals surface area contributed by atoms with Crippen molar-refractivity contribution in [2.75, 3.05) is 32.6 Å². The van der Waals surface area contributed by atoms with Crippen LogP contribution in [0.5, 0.6) is 5.75 Å². The van der Waals surface area contributed by atoms with Crippen molar-refractivity contribution in [3.63, 3.8) is 0 Å². The molecule has 5 heteroatoms. The summed E-state index contributed by atoms with van der Waals surface area (Å²) < 4.78 is 5.31. The number of amides is 1. The van der Waals surface area contributed by atoms with Crippen LogP contribution >= 0.6 is 0 Å². The summed E-state index contributed by atoms with van der Waals surface area (Å²) in [5.41, 5.74) is 1.15. The van der Waals surface area contributed by atoms with Crippen LogP contribution in [0.3, 0.4) is 0 Å². The second-order valence-electron chi connectivity index (χ2n) is 4.57. The van der Waals surface area contributed by atoms with E-state index in [1.54, 1.807) is 36.3 Å². The van der Waals surface area contributed by atoms with Crippen LogP contribution < -0.4 is 9.64 Å². The maximum Gasteiger partial charge on any atom is 0.264 e. The van der Waals surface area contributed by atoms with Gasteiger partial charge in [-0.1, -0.05) is 0 Å². The average Bonchev–Trinajstić information content (AvgIpc) is 2.40. The van der Waals surface area contributed by atoms with E-state index in [1.807, 2.05) is 14.1 Å². The summed E-state index contributed by atoms with van der Waals surface area (Å²) in [4.78, 5) is 26.8. The molecule has 5 nitrogen and oxygen atoms in total. The fourth-order valence-electron chi connectivity index (χ4n) is 1.74. The molecular weight excluding hydrogens is 244 g/mol. The number of nitrogens with zero attached hydrogens (tertiary/aromatic N) is 2. The third-order valence-electron chi connectivity index (χ3n) is 2.85. The maximum atomic E-state index is 12.0. The molecule has 0 saturated carbocycles. The van der Waals surface area contributed by atoms with Gasteiger partial charge in [0.15, 0.2) is 12.4 Å². The second kappa shape index (κ2) is 5.14. The van der Waals surface area contributed by atoms with Crippen LogP contribution in [0, 0.1) is 0 Å². The van der Waals surface area contributed by atoms with Crippen molar-refractivity contribution >= 4 is 17.4 Å². The number of allylic oxidation sites excluding steroid dienone is 1. The third kappa shape index (κ3) is 2.76. The van der Waals surface area contributed by atoms with E-state index in [1.165, 1.54) is 11.0 Å². The number of hydrogen-bond acceptors (Lipinski definition) is 4. The van der Waals surface area contributed by atoms with E-state index in [0.29, 0.717) is 17.0 Å². The highest BCUT2D eigenvalue weighted by Crippen LogP contribution is 2.32. The summed E-state index contributed by atoms with van der Waals surface area (Å²) in [7, 11) is 5.36. The van der Waals surface area contributed by atoms with Gasteiger partial charge in [0.05, 0.1) is 5.69 Å². The lowest BCUT2D eigenvalue weighted by Gasteiger charge is -2.26. The van der Waals surface area contributed by atoms with E-state index >= 15 is 0 Å². The Morgan fingerprint density at radius 3 is 2.84 bits per heavy atom. The Bertz CT molecular complexity index is 550. The summed E-state index contributed by atoms with van der Waals surface area (Å²) in [6.07, 6.45) is 3.18. The van der Waals surface area contributed by atoms with Crippen LogP contribution in [-0.2, 0) is 4.79 Å². The lowest BCUT2D eigenvalue weighted by molar-refractivity contribution is -0.120. The van der Waals surface area contributed by atoms with Gasteiger partial charge in [0.25, 0.3) is 5.91 Å². The number of likely N-dealkylation sites (N-methyl/N-ethyl adjacent to an activating group) is 1. The van der Waals surface area contributed by atoms with Crippen molar-refractivity contribution in [2.45, 2.75) is 0 Å². The molecule has 0 aromatic heterocycles. The second-order valence-corrected chi connectivity index (χ2v) is 4.57. The number of rotatable bonds is 3. The van der Waals surface area contributed by atoms with Crippen LogP contribution in [0.15, 0.2) is 30.5 Å². The molecule has 19 heavy (non-hydrogen) atoms. The maximum absolute atomic E-state index is 12.0. The van der Waals surface area contributed by atoms with Crippen LogP contribution in [0.1, 0.15) is 10.4 Å². The number of fused-ring (bicyclic) bond motifs is 1. The van der Waals surface area contributed by atoms with Crippen LogP contribution in [0.4, 0.5) is 5.69 Å². The molecule has 0 N–H and O–H groups in total. The average molecular weight is 260 g/mol. The standard InChI is InChI=1S/C14H16N2O3/c1-15(2)7-6-12(17)10-4-5-13-11(8-10)16(3)14(18)9-19-13/h4-8H,9H2,1-3H3/b7-6+. The summed E-state index contributed by atoms with van der Waals surface area (Å²) in [5, 5.41) is 0. The first-order valence-electron chi connectivity index (χ1n) is 5.91. The van der Waals surface area contributed by atoms with E-state index in [2.05, 4.69) is 0 Å². The number of carbonyl (C=O) groups is 2. The fourth-order valence-corrected chi connectivity index (χ4v) is 1.74. The Kier molecular flexibility index (Phi) is 3.55. The molecule has 1 amide bonds. The SMILES string of the molecule is CN(C)/C=C/C(=O)c1ccc2c(c1)N(C)C(=O)CO2. The highest BCUT2D eigenvalue weighted by Gasteiger charge is 2.22. The summed E-state index contributed by atoms with van der Waals surface area (Å²) in [6.45, 7) is 0.0390. The molecule has 100 valence electrons. The van der Waals surface area contributed by atoms with Crippen molar-refractivity contribution in [1.82, 2.24) is 4.90 Å². The first-order valence-corrected chi connectivity index (χ1v) is 5.91. The fraction of sp³-hybridized carbons (Fsp3) is 0.286. The topological polar surface area (TPSA) is 49.9 Å². The first-order chi connectivity index (χ1) is 8.99. The number of ether oxygens (including phenoxy) is 1. The molecule has 2 rings (SSSR count). The molecule has 1 aliphatic rings. The van der Waals surface area contributed by atoms with Crippen molar-refractivity contribution in [3.8, 4) is 5.75 Å². The van der Waals surface area contributed by atoms with E-state index in [9.17, 15) is 9.59 Å². The van der Waals surface area contributed by atoms with Gasteiger partial charge in [0, 0.05) is 39.0 Å². The van der Waals surface area contributed by atoms with E-state index in [-0.39, 0.29) is 18.3 Å². The zero-order valence-electron chi connectivity index (χ0n) is 11.2. The van der Waals surface area contributed by atoms with E-state index in [0.717, 1.165) is 0 Å². The Labute approximate surface area is 112 Å². The minimum Gasteiger partial charge on any atom is -0.482 e. The van der Waals surface area contributed by atoms with Gasteiger partial charge < -0.3 is 14.5 Å². The van der Waals surface area contributed by atoms with Gasteiger partial charge in [-0.05, 0) is 18.2 Å². The minimum absolute atomic E-state index is 0.0390. The number of carbonyl (C=O) groups excluding carboxylic acids is 2. The molecule has 0 unspecified atom stereocenters. The monoisotopic (exact) mass is 260 g/mol. The Balaban J connectivity index is 2.30. The Morgan fingerprint density at radius 2 is 2.16 bits per heavy atom. The molecule has 0 radical (unpaired) electrons. The number of hydrogen-bond donors (Lipinski definition) is 0. The number of anilines is 1. The van der Waals surface area contributed by atoms with Gasteiger partial charge in [0.1, 0.15) is 5.75 Å². The minimum atomic E-state index is -0.124. The van der Waals surface area contributed by atoms with Gasteiger partial charge in [-0.2, -0.15) is 0 Å². The smallest absolute Gasteiger partial charge is 0.264 e. The summed E-state index contributed by atoms with van der Waals surface area (Å²) >= 11 is 0. The molecule has 0 atom stereocenters. The summed E-state index contributed by atoms with van der Waals surface area (Å²) in [5.74, 6) is 0.388. The van der Waals surface area contributed by atoms with E-state index < -0.39 is 0 Å². The Hall–Kier alpha value is -2.30. The molecular formula is C14H16N2O3. The molecule has 0 bridgehead atoms. The predicted octanol–water partition coefficient (Wildman–Crippen LogP) is 1.30. The zero-order valence-corrected chi connectivity index (χ0v) is 11.2. The molecule has 1 aliphatic heterocycles. The summed E-state index contributed by atoms with van der Waals surface area (Å²) in [6, 6.07) is 5.09. The molecule has 0 saturated heterocycles. The van der Waals surface area contributed by atoms with Crippen molar-refractivity contribution < 1.29 is 14.3 Å². The van der Waals surface area contributed by atoms with Crippen LogP contribution in [0.25, 0.3) is 0 Å². The number of ketones is 1. The van der Waals surface area contributed by atoms with Gasteiger partial charge in [-0.15, -0.1) is 0 Å². The molecule has 1 heterocycles. The first kappa shape index (κ1) is 13.1. The normalized spacial score (nSPS) is 14.3. The highest BCUT2D eigenvalue weighted by atomic mass is 16.5. The third-order valence-corrected chi connectivity index (χ3v) is 2.85. The zero-order chi connectivity index (χ0) is 14.0. The molecule has 1 aromatic carbocycles. The van der Waals surface area contributed by atoms with Crippen molar-refractivity contribution in [3.05, 3.63) is 36.0 Å². The van der Waals surface area contributed by atoms with Gasteiger partial charge in [-0.3, -0.25) is 9.59 Å². The van der Waals surface area contributed by atoms with E-state index in [4.69, 9.17) is 4.74 Å². The molecule has 0 spiro atoms. The van der Waals surface area contributed by atoms with Crippen LogP contribution in [0.2, 0.25) is 0 Å². The molecule has 0 aliphatic carbocycles. The van der Waals surface area contributed by atoms with Gasteiger partial charge in [-0.25, -0.2) is 0 Å². The quantitative estimate of drug-likeness (QED) is 0.607.